The molecular weight excluding hydrogens is 487 g/mol. The van der Waals surface area contributed by atoms with Crippen molar-refractivity contribution in [2.75, 3.05) is 17.7 Å². The molecular formula is C26H30ClFN4O4. The molecule has 0 saturated carbocycles. The average Bonchev–Trinajstić information content (AvgIpc) is 2.79. The number of halogens is 2. The summed E-state index contributed by atoms with van der Waals surface area (Å²) in [6.45, 7) is 8.69. The van der Waals surface area contributed by atoms with Gasteiger partial charge in [-0.25, -0.2) is 4.39 Å². The first-order chi connectivity index (χ1) is 17.0. The van der Waals surface area contributed by atoms with E-state index in [0.717, 1.165) is 6.07 Å². The largest absolute Gasteiger partial charge is 0.494 e. The van der Waals surface area contributed by atoms with Crippen LogP contribution < -0.4 is 26.0 Å². The van der Waals surface area contributed by atoms with Gasteiger partial charge in [-0.05, 0) is 36.7 Å². The summed E-state index contributed by atoms with van der Waals surface area (Å²) in [7, 11) is 1.34. The van der Waals surface area contributed by atoms with Gasteiger partial charge in [-0.2, -0.15) is 0 Å². The van der Waals surface area contributed by atoms with Crippen molar-refractivity contribution in [2.24, 2.45) is 5.41 Å². The third kappa shape index (κ3) is 8.42. The molecule has 0 atom stereocenters. The zero-order valence-electron chi connectivity index (χ0n) is 20.6. The summed E-state index contributed by atoms with van der Waals surface area (Å²) in [4.78, 5) is 38.4. The van der Waals surface area contributed by atoms with Crippen molar-refractivity contribution in [3.05, 3.63) is 77.5 Å². The zero-order chi connectivity index (χ0) is 26.9. The van der Waals surface area contributed by atoms with Crippen LogP contribution in [-0.4, -0.2) is 24.8 Å². The summed E-state index contributed by atoms with van der Waals surface area (Å²) >= 11 is 5.82. The molecule has 0 aliphatic heterocycles. The van der Waals surface area contributed by atoms with E-state index in [1.165, 1.54) is 19.4 Å². The Labute approximate surface area is 214 Å². The number of carbonyl (C=O) groups excluding carboxylic acids is 3. The molecule has 2 aromatic rings. The monoisotopic (exact) mass is 516 g/mol. The van der Waals surface area contributed by atoms with Crippen molar-refractivity contribution < 1.29 is 23.5 Å². The highest BCUT2D eigenvalue weighted by Gasteiger charge is 2.28. The number of amides is 3. The van der Waals surface area contributed by atoms with Crippen molar-refractivity contribution >= 4 is 40.7 Å². The molecule has 192 valence electrons. The van der Waals surface area contributed by atoms with Crippen molar-refractivity contribution in [2.45, 2.75) is 33.6 Å². The fraction of sp³-hybridized carbons (Fsp3) is 0.269. The summed E-state index contributed by atoms with van der Waals surface area (Å²) in [5.74, 6) is -1.96. The standard InChI is InChI=1S/C26H30ClFN4O4/c1-6-29-16(2)24(25(35)30-17-10-8-7-9-11-17)32-23(34)15-26(3,4)14-22(33)31-20-12-18(27)19(28)13-21(20)36-5/h6-13,29H,1,14-15H2,2-5H3,(H,30,35)(H,31,33)(H,32,34)/b24-16+. The third-order valence-electron chi connectivity index (χ3n) is 5.01. The number of rotatable bonds is 11. The maximum absolute atomic E-state index is 13.7. The normalized spacial score (nSPS) is 11.6. The smallest absolute Gasteiger partial charge is 0.273 e. The van der Waals surface area contributed by atoms with Crippen molar-refractivity contribution in [1.29, 1.82) is 0 Å². The lowest BCUT2D eigenvalue weighted by Crippen LogP contribution is -2.36. The Morgan fingerprint density at radius 2 is 1.72 bits per heavy atom. The van der Waals surface area contributed by atoms with Gasteiger partial charge in [-0.3, -0.25) is 14.4 Å². The maximum Gasteiger partial charge on any atom is 0.273 e. The van der Waals surface area contributed by atoms with E-state index in [1.54, 1.807) is 45.0 Å². The van der Waals surface area contributed by atoms with Gasteiger partial charge in [0.2, 0.25) is 11.8 Å². The Morgan fingerprint density at radius 1 is 1.08 bits per heavy atom. The van der Waals surface area contributed by atoms with Crippen LogP contribution in [0, 0.1) is 11.2 Å². The molecule has 36 heavy (non-hydrogen) atoms. The van der Waals surface area contributed by atoms with Gasteiger partial charge in [0.1, 0.15) is 17.3 Å². The Hall–Kier alpha value is -3.85. The van der Waals surface area contributed by atoms with Crippen LogP contribution in [0.15, 0.2) is 66.6 Å². The van der Waals surface area contributed by atoms with Crippen molar-refractivity contribution in [1.82, 2.24) is 10.6 Å². The van der Waals surface area contributed by atoms with Crippen LogP contribution in [0.1, 0.15) is 33.6 Å². The molecule has 0 aromatic heterocycles. The number of ether oxygens (including phenoxy) is 1. The topological polar surface area (TPSA) is 109 Å². The predicted octanol–water partition coefficient (Wildman–Crippen LogP) is 4.95. The van der Waals surface area contributed by atoms with Gasteiger partial charge in [0.15, 0.2) is 0 Å². The van der Waals surface area contributed by atoms with Gasteiger partial charge in [0.25, 0.3) is 5.91 Å². The Kier molecular flexibility index (Phi) is 10.0. The molecule has 0 saturated heterocycles. The number of carbonyl (C=O) groups is 3. The molecule has 2 aromatic carbocycles. The minimum absolute atomic E-state index is 0.0229. The van der Waals surface area contributed by atoms with E-state index < -0.39 is 29.0 Å². The second-order valence-electron chi connectivity index (χ2n) is 8.75. The molecule has 0 fully saturated rings. The quantitative estimate of drug-likeness (QED) is 0.316. The minimum atomic E-state index is -0.786. The molecule has 0 unspecified atom stereocenters. The van der Waals surface area contributed by atoms with Crippen LogP contribution in [0.25, 0.3) is 0 Å². The Balaban J connectivity index is 2.08. The molecule has 2 rings (SSSR count). The maximum atomic E-state index is 13.7. The molecule has 10 heteroatoms. The zero-order valence-corrected chi connectivity index (χ0v) is 21.4. The third-order valence-corrected chi connectivity index (χ3v) is 5.30. The second kappa shape index (κ2) is 12.7. The number of benzene rings is 2. The summed E-state index contributed by atoms with van der Waals surface area (Å²) in [6.07, 6.45) is 1.28. The van der Waals surface area contributed by atoms with Gasteiger partial charge in [-0.1, -0.05) is 50.2 Å². The van der Waals surface area contributed by atoms with Gasteiger partial charge in [-0.15, -0.1) is 0 Å². The highest BCUT2D eigenvalue weighted by molar-refractivity contribution is 6.31. The van der Waals surface area contributed by atoms with Crippen LogP contribution in [0.3, 0.4) is 0 Å². The van der Waals surface area contributed by atoms with E-state index in [9.17, 15) is 18.8 Å². The molecule has 0 heterocycles. The fourth-order valence-corrected chi connectivity index (χ4v) is 3.53. The van der Waals surface area contributed by atoms with E-state index in [-0.39, 0.29) is 35.0 Å². The predicted molar refractivity (Wildman–Crippen MR) is 139 cm³/mol. The van der Waals surface area contributed by atoms with Crippen LogP contribution in [0.5, 0.6) is 5.75 Å². The van der Waals surface area contributed by atoms with Crippen LogP contribution in [0.4, 0.5) is 15.8 Å². The molecule has 0 spiro atoms. The average molecular weight is 517 g/mol. The van der Waals surface area contributed by atoms with E-state index in [1.807, 2.05) is 6.07 Å². The summed E-state index contributed by atoms with van der Waals surface area (Å²) in [5, 5.41) is 10.7. The van der Waals surface area contributed by atoms with Gasteiger partial charge in [0.05, 0.1) is 17.8 Å². The highest BCUT2D eigenvalue weighted by atomic mass is 35.5. The fourth-order valence-electron chi connectivity index (χ4n) is 3.37. The first kappa shape index (κ1) is 28.4. The van der Waals surface area contributed by atoms with Crippen LogP contribution >= 0.6 is 11.6 Å². The first-order valence-corrected chi connectivity index (χ1v) is 11.4. The van der Waals surface area contributed by atoms with Gasteiger partial charge >= 0.3 is 0 Å². The summed E-state index contributed by atoms with van der Waals surface area (Å²) in [5.41, 5.74) is 0.404. The van der Waals surface area contributed by atoms with E-state index in [0.29, 0.717) is 11.4 Å². The molecule has 0 bridgehead atoms. The number of allylic oxidation sites excluding steroid dienone is 1. The molecule has 0 radical (unpaired) electrons. The summed E-state index contributed by atoms with van der Waals surface area (Å²) in [6, 6.07) is 11.1. The lowest BCUT2D eigenvalue weighted by molar-refractivity contribution is -0.125. The van der Waals surface area contributed by atoms with Crippen molar-refractivity contribution in [3.63, 3.8) is 0 Å². The molecule has 0 aliphatic carbocycles. The van der Waals surface area contributed by atoms with Crippen molar-refractivity contribution in [3.8, 4) is 5.75 Å². The number of hydrogen-bond donors (Lipinski definition) is 4. The van der Waals surface area contributed by atoms with E-state index >= 15 is 0 Å². The number of nitrogens with one attached hydrogen (secondary N) is 4. The number of methoxy groups -OCH3 is 1. The molecule has 4 N–H and O–H groups in total. The van der Waals surface area contributed by atoms with Crippen LogP contribution in [0.2, 0.25) is 5.02 Å². The number of hydrogen-bond acceptors (Lipinski definition) is 5. The molecule has 0 aliphatic rings. The Morgan fingerprint density at radius 3 is 2.33 bits per heavy atom. The Bertz CT molecular complexity index is 1170. The van der Waals surface area contributed by atoms with Gasteiger partial charge < -0.3 is 26.0 Å². The first-order valence-electron chi connectivity index (χ1n) is 11.0. The minimum Gasteiger partial charge on any atom is -0.494 e. The van der Waals surface area contributed by atoms with Crippen LogP contribution in [-0.2, 0) is 14.4 Å². The molecule has 8 nitrogen and oxygen atoms in total. The number of para-hydroxylation sites is 1. The SMILES string of the molecule is C=CN/C(C)=C(/NC(=O)CC(C)(C)CC(=O)Nc1cc(Cl)c(F)cc1OC)C(=O)Nc1ccccc1. The van der Waals surface area contributed by atoms with E-state index in [4.69, 9.17) is 16.3 Å². The lowest BCUT2D eigenvalue weighted by atomic mass is 9.85. The highest BCUT2D eigenvalue weighted by Crippen LogP contribution is 2.32. The molecule has 3 amide bonds. The lowest BCUT2D eigenvalue weighted by Gasteiger charge is -2.24. The number of anilines is 2. The van der Waals surface area contributed by atoms with E-state index in [2.05, 4.69) is 27.8 Å². The van der Waals surface area contributed by atoms with Gasteiger partial charge in [0, 0.05) is 30.3 Å². The summed E-state index contributed by atoms with van der Waals surface area (Å²) < 4.78 is 18.8. The second-order valence-corrected chi connectivity index (χ2v) is 9.16.